The van der Waals surface area contributed by atoms with Crippen molar-refractivity contribution in [2.75, 3.05) is 63.8 Å². The summed E-state index contributed by atoms with van der Waals surface area (Å²) in [6.07, 6.45) is 0. The molecule has 10 heteroatoms. The number of nitriles is 1. The van der Waals surface area contributed by atoms with Crippen LogP contribution in [0, 0.1) is 28.4 Å². The van der Waals surface area contributed by atoms with Crippen molar-refractivity contribution in [1.29, 1.82) is 5.26 Å². The standard InChI is InChI=1S/C24H29ClN7O2/c1-3-30(9-13-32-10-6-29(7-11-32)8-12-32)20-4-5-23(18(2)14-20)27-28-24-19(17-26)15-21(31(33)34)16-22(24)25/h4-5,14-16H,3,6-13H2,1-2H3/q+1/b28-27+. The van der Waals surface area contributed by atoms with E-state index < -0.39 is 4.92 Å². The number of anilines is 1. The molecule has 0 saturated carbocycles. The SMILES string of the molecule is CCN(CC[N+]12CCN(CC1)CC2)c1ccc(/N=N/c2c(Cl)cc([N+](=O)[O-])cc2C#N)c(C)c1. The van der Waals surface area contributed by atoms with Gasteiger partial charge in [0.15, 0.2) is 0 Å². The first-order valence-electron chi connectivity index (χ1n) is 11.6. The van der Waals surface area contributed by atoms with Crippen LogP contribution in [0.3, 0.4) is 0 Å². The van der Waals surface area contributed by atoms with Crippen molar-refractivity contribution >= 4 is 34.4 Å². The van der Waals surface area contributed by atoms with Crippen molar-refractivity contribution in [3.05, 3.63) is 56.6 Å². The van der Waals surface area contributed by atoms with Crippen molar-refractivity contribution in [1.82, 2.24) is 4.90 Å². The van der Waals surface area contributed by atoms with Gasteiger partial charge in [-0.1, -0.05) is 11.6 Å². The Labute approximate surface area is 204 Å². The van der Waals surface area contributed by atoms with Gasteiger partial charge in [0.25, 0.3) is 5.69 Å². The van der Waals surface area contributed by atoms with Gasteiger partial charge in [0.1, 0.15) is 11.8 Å². The predicted octanol–water partition coefficient (Wildman–Crippen LogP) is 4.82. The minimum atomic E-state index is -0.592. The fourth-order valence-corrected chi connectivity index (χ4v) is 5.05. The van der Waals surface area contributed by atoms with Crippen molar-refractivity contribution in [3.8, 4) is 6.07 Å². The minimum absolute atomic E-state index is 0.0143. The first-order chi connectivity index (χ1) is 16.3. The number of piperazine rings is 3. The fraction of sp³-hybridized carbons (Fsp3) is 0.458. The van der Waals surface area contributed by atoms with E-state index in [-0.39, 0.29) is 22.0 Å². The maximum absolute atomic E-state index is 11.0. The van der Waals surface area contributed by atoms with E-state index in [4.69, 9.17) is 11.6 Å². The Balaban J connectivity index is 1.49. The maximum Gasteiger partial charge on any atom is 0.272 e. The highest BCUT2D eigenvalue weighted by molar-refractivity contribution is 6.33. The largest absolute Gasteiger partial charge is 0.366 e. The summed E-state index contributed by atoms with van der Waals surface area (Å²) in [5, 5.41) is 28.8. The summed E-state index contributed by atoms with van der Waals surface area (Å²) < 4.78 is 1.23. The number of halogens is 1. The Morgan fingerprint density at radius 3 is 2.50 bits per heavy atom. The first kappa shape index (κ1) is 24.1. The molecule has 3 fully saturated rings. The third-order valence-corrected chi connectivity index (χ3v) is 7.37. The third kappa shape index (κ3) is 5.04. The number of nitrogens with zero attached hydrogens (tertiary/aromatic N) is 7. The number of nitro benzene ring substituents is 1. The molecule has 3 heterocycles. The molecular weight excluding hydrogens is 454 g/mol. The van der Waals surface area contributed by atoms with Crippen LogP contribution in [0.5, 0.6) is 0 Å². The highest BCUT2D eigenvalue weighted by Crippen LogP contribution is 2.35. The lowest BCUT2D eigenvalue weighted by molar-refractivity contribution is -0.939. The zero-order chi connectivity index (χ0) is 24.3. The van der Waals surface area contributed by atoms with Gasteiger partial charge in [-0.05, 0) is 37.6 Å². The minimum Gasteiger partial charge on any atom is -0.366 e. The van der Waals surface area contributed by atoms with Crippen LogP contribution in [0.2, 0.25) is 5.02 Å². The van der Waals surface area contributed by atoms with Gasteiger partial charge in [0, 0.05) is 44.0 Å². The van der Waals surface area contributed by atoms with E-state index in [0.29, 0.717) is 5.69 Å². The quantitative estimate of drug-likeness (QED) is 0.232. The molecule has 0 radical (unpaired) electrons. The van der Waals surface area contributed by atoms with Crippen molar-refractivity contribution < 1.29 is 9.41 Å². The Kier molecular flexibility index (Phi) is 7.12. The van der Waals surface area contributed by atoms with E-state index >= 15 is 0 Å². The second-order valence-corrected chi connectivity index (χ2v) is 9.43. The number of nitro groups is 1. The van der Waals surface area contributed by atoms with Crippen LogP contribution in [0.1, 0.15) is 18.1 Å². The van der Waals surface area contributed by atoms with Gasteiger partial charge in [-0.25, -0.2) is 0 Å². The maximum atomic E-state index is 11.0. The molecule has 2 aromatic rings. The number of likely N-dealkylation sites (N-methyl/N-ethyl adjacent to an activating group) is 1. The Bertz CT molecular complexity index is 1140. The second kappa shape index (κ2) is 10.1. The molecule has 0 amide bonds. The van der Waals surface area contributed by atoms with Gasteiger partial charge in [0.2, 0.25) is 0 Å². The molecular formula is C24H29ClN7O2+. The molecule has 3 saturated heterocycles. The predicted molar refractivity (Wildman–Crippen MR) is 132 cm³/mol. The molecule has 0 atom stereocenters. The van der Waals surface area contributed by atoms with Gasteiger partial charge in [0.05, 0.1) is 53.9 Å². The normalized spacial score (nSPS) is 21.5. The molecule has 0 N–H and O–H groups in total. The summed E-state index contributed by atoms with van der Waals surface area (Å²) in [6.45, 7) is 14.7. The topological polar surface area (TPSA) is 98.1 Å². The van der Waals surface area contributed by atoms with E-state index in [0.717, 1.165) is 37.0 Å². The van der Waals surface area contributed by atoms with Gasteiger partial charge in [-0.2, -0.15) is 10.4 Å². The number of aryl methyl sites for hydroxylation is 1. The van der Waals surface area contributed by atoms with Gasteiger partial charge in [-0.3, -0.25) is 15.0 Å². The molecule has 3 aliphatic rings. The van der Waals surface area contributed by atoms with Crippen LogP contribution in [0.4, 0.5) is 22.7 Å². The number of rotatable bonds is 8. The average molecular weight is 483 g/mol. The molecule has 2 aromatic carbocycles. The number of benzene rings is 2. The average Bonchev–Trinajstić information content (AvgIpc) is 2.85. The van der Waals surface area contributed by atoms with Gasteiger partial charge >= 0.3 is 0 Å². The Morgan fingerprint density at radius 1 is 1.21 bits per heavy atom. The molecule has 178 valence electrons. The third-order valence-electron chi connectivity index (χ3n) is 7.08. The van der Waals surface area contributed by atoms with E-state index in [1.54, 1.807) is 0 Å². The Hall–Kier alpha value is -3.06. The molecule has 0 spiro atoms. The zero-order valence-corrected chi connectivity index (χ0v) is 20.3. The number of quaternary nitrogens is 1. The highest BCUT2D eigenvalue weighted by atomic mass is 35.5. The van der Waals surface area contributed by atoms with Gasteiger partial charge in [-0.15, -0.1) is 5.11 Å². The molecule has 0 unspecified atom stereocenters. The van der Waals surface area contributed by atoms with E-state index in [1.165, 1.54) is 49.8 Å². The number of hydrogen-bond donors (Lipinski definition) is 0. The first-order valence-corrected chi connectivity index (χ1v) is 11.9. The fourth-order valence-electron chi connectivity index (χ4n) is 4.80. The van der Waals surface area contributed by atoms with Crippen LogP contribution >= 0.6 is 11.6 Å². The van der Waals surface area contributed by atoms with Gasteiger partial charge < -0.3 is 9.38 Å². The summed E-state index contributed by atoms with van der Waals surface area (Å²) in [6, 6.07) is 10.3. The molecule has 0 aromatic heterocycles. The smallest absolute Gasteiger partial charge is 0.272 e. The van der Waals surface area contributed by atoms with Crippen molar-refractivity contribution in [3.63, 3.8) is 0 Å². The monoisotopic (exact) mass is 482 g/mol. The summed E-state index contributed by atoms with van der Waals surface area (Å²) in [4.78, 5) is 15.4. The summed E-state index contributed by atoms with van der Waals surface area (Å²) in [5.41, 5.74) is 2.66. The van der Waals surface area contributed by atoms with Crippen molar-refractivity contribution in [2.24, 2.45) is 10.2 Å². The molecule has 0 aliphatic carbocycles. The molecule has 34 heavy (non-hydrogen) atoms. The lowest BCUT2D eigenvalue weighted by Crippen LogP contribution is -2.68. The second-order valence-electron chi connectivity index (χ2n) is 9.02. The molecule has 9 nitrogen and oxygen atoms in total. The summed E-state index contributed by atoms with van der Waals surface area (Å²) in [7, 11) is 0. The lowest BCUT2D eigenvalue weighted by atomic mass is 10.1. The van der Waals surface area contributed by atoms with E-state index in [1.807, 2.05) is 25.1 Å². The number of azo groups is 1. The van der Waals surface area contributed by atoms with Crippen LogP contribution in [0.25, 0.3) is 0 Å². The van der Waals surface area contributed by atoms with Crippen LogP contribution in [0.15, 0.2) is 40.6 Å². The molecule has 5 rings (SSSR count). The Morgan fingerprint density at radius 2 is 1.91 bits per heavy atom. The highest BCUT2D eigenvalue weighted by Gasteiger charge is 2.38. The summed E-state index contributed by atoms with van der Waals surface area (Å²) in [5.74, 6) is 0. The molecule has 3 aliphatic heterocycles. The van der Waals surface area contributed by atoms with Crippen LogP contribution in [-0.2, 0) is 0 Å². The van der Waals surface area contributed by atoms with E-state index in [2.05, 4.69) is 33.0 Å². The number of fused-ring (bicyclic) bond motifs is 3. The number of hydrogen-bond acceptors (Lipinski definition) is 7. The van der Waals surface area contributed by atoms with Crippen molar-refractivity contribution in [2.45, 2.75) is 13.8 Å². The van der Waals surface area contributed by atoms with Crippen LogP contribution < -0.4 is 4.90 Å². The number of non-ortho nitro benzene ring substituents is 1. The van der Waals surface area contributed by atoms with Crippen LogP contribution in [-0.4, -0.2) is 73.2 Å². The van der Waals surface area contributed by atoms with E-state index in [9.17, 15) is 15.4 Å². The lowest BCUT2D eigenvalue weighted by Gasteiger charge is -2.51. The zero-order valence-electron chi connectivity index (χ0n) is 19.6. The molecule has 2 bridgehead atoms. The summed E-state index contributed by atoms with van der Waals surface area (Å²) >= 11 is 6.15.